The molecule has 4 rings (SSSR count). The summed E-state index contributed by atoms with van der Waals surface area (Å²) in [6.07, 6.45) is 9.04. The standard InChI is InChI=1S/C21H24N6O/c1-3-27-15(2)18(13-23-27)14-26-9-6-16(7-10-26)19-11-20(28)25-21(24-19)17-5-4-8-22-12-17/h3-5,8,11-13,16H,1,6-7,9-10,14H2,2H3,(H,24,25,28). The highest BCUT2D eigenvalue weighted by Crippen LogP contribution is 2.28. The number of hydrogen-bond donors (Lipinski definition) is 1. The van der Waals surface area contributed by atoms with Crippen LogP contribution in [0, 0.1) is 6.92 Å². The number of nitrogens with one attached hydrogen (secondary N) is 1. The maximum atomic E-state index is 12.2. The normalized spacial score (nSPS) is 15.6. The van der Waals surface area contributed by atoms with E-state index in [1.54, 1.807) is 24.7 Å². The van der Waals surface area contributed by atoms with Gasteiger partial charge in [0.2, 0.25) is 0 Å². The molecule has 3 aromatic rings. The lowest BCUT2D eigenvalue weighted by molar-refractivity contribution is 0.203. The van der Waals surface area contributed by atoms with Crippen LogP contribution in [-0.4, -0.2) is 42.7 Å². The summed E-state index contributed by atoms with van der Waals surface area (Å²) in [5.41, 5.74) is 3.95. The summed E-state index contributed by atoms with van der Waals surface area (Å²) < 4.78 is 1.81. The number of aromatic amines is 1. The predicted octanol–water partition coefficient (Wildman–Crippen LogP) is 2.82. The van der Waals surface area contributed by atoms with Crippen LogP contribution >= 0.6 is 0 Å². The number of nitrogens with zero attached hydrogens (tertiary/aromatic N) is 5. The van der Waals surface area contributed by atoms with E-state index in [1.165, 1.54) is 5.56 Å². The monoisotopic (exact) mass is 376 g/mol. The quantitative estimate of drug-likeness (QED) is 0.741. The average molecular weight is 376 g/mol. The predicted molar refractivity (Wildman–Crippen MR) is 109 cm³/mol. The van der Waals surface area contributed by atoms with Gasteiger partial charge in [0.25, 0.3) is 5.56 Å². The van der Waals surface area contributed by atoms with Gasteiger partial charge in [-0.1, -0.05) is 6.58 Å². The largest absolute Gasteiger partial charge is 0.306 e. The number of likely N-dealkylation sites (tertiary alicyclic amines) is 1. The average Bonchev–Trinajstić information content (AvgIpc) is 3.08. The van der Waals surface area contributed by atoms with Crippen molar-refractivity contribution in [3.05, 3.63) is 70.7 Å². The van der Waals surface area contributed by atoms with Crippen LogP contribution in [0.25, 0.3) is 17.6 Å². The molecule has 1 N–H and O–H groups in total. The minimum atomic E-state index is -0.112. The first kappa shape index (κ1) is 18.3. The molecular weight excluding hydrogens is 352 g/mol. The van der Waals surface area contributed by atoms with Gasteiger partial charge in [-0.3, -0.25) is 14.7 Å². The second-order valence-electron chi connectivity index (χ2n) is 7.19. The van der Waals surface area contributed by atoms with Gasteiger partial charge in [-0.15, -0.1) is 0 Å². The molecule has 4 heterocycles. The fourth-order valence-corrected chi connectivity index (χ4v) is 3.75. The number of piperidine rings is 1. The molecule has 7 nitrogen and oxygen atoms in total. The Morgan fingerprint density at radius 2 is 2.14 bits per heavy atom. The van der Waals surface area contributed by atoms with Crippen LogP contribution in [0.3, 0.4) is 0 Å². The maximum absolute atomic E-state index is 12.2. The SMILES string of the molecule is C=Cn1ncc(CN2CCC(c3cc(=O)[nH]c(-c4cccnc4)n3)CC2)c1C. The van der Waals surface area contributed by atoms with Crippen molar-refractivity contribution >= 4 is 6.20 Å². The van der Waals surface area contributed by atoms with E-state index in [1.807, 2.05) is 23.0 Å². The second-order valence-corrected chi connectivity index (χ2v) is 7.19. The van der Waals surface area contributed by atoms with Gasteiger partial charge >= 0.3 is 0 Å². The van der Waals surface area contributed by atoms with Crippen molar-refractivity contribution in [2.24, 2.45) is 0 Å². The molecule has 0 unspecified atom stereocenters. The van der Waals surface area contributed by atoms with E-state index < -0.39 is 0 Å². The lowest BCUT2D eigenvalue weighted by Crippen LogP contribution is -2.33. The van der Waals surface area contributed by atoms with Crippen molar-refractivity contribution in [3.8, 4) is 11.4 Å². The molecule has 0 amide bonds. The minimum Gasteiger partial charge on any atom is -0.306 e. The summed E-state index contributed by atoms with van der Waals surface area (Å²) in [6.45, 7) is 8.68. The number of hydrogen-bond acceptors (Lipinski definition) is 5. The molecule has 0 atom stereocenters. The summed E-state index contributed by atoms with van der Waals surface area (Å²) >= 11 is 0. The maximum Gasteiger partial charge on any atom is 0.251 e. The van der Waals surface area contributed by atoms with Crippen LogP contribution in [0.4, 0.5) is 0 Å². The fraction of sp³-hybridized carbons (Fsp3) is 0.333. The summed E-state index contributed by atoms with van der Waals surface area (Å²) in [6, 6.07) is 5.39. The molecule has 1 saturated heterocycles. The van der Waals surface area contributed by atoms with Crippen molar-refractivity contribution in [2.45, 2.75) is 32.2 Å². The molecule has 1 fully saturated rings. The highest BCUT2D eigenvalue weighted by Gasteiger charge is 2.23. The van der Waals surface area contributed by atoms with Crippen LogP contribution in [-0.2, 0) is 6.54 Å². The van der Waals surface area contributed by atoms with Crippen LogP contribution < -0.4 is 5.56 Å². The zero-order valence-corrected chi connectivity index (χ0v) is 16.0. The van der Waals surface area contributed by atoms with E-state index in [0.717, 1.165) is 49.4 Å². The Bertz CT molecular complexity index is 1010. The van der Waals surface area contributed by atoms with E-state index in [-0.39, 0.29) is 5.56 Å². The third kappa shape index (κ3) is 3.80. The lowest BCUT2D eigenvalue weighted by Gasteiger charge is -2.31. The van der Waals surface area contributed by atoms with Gasteiger partial charge in [0.15, 0.2) is 0 Å². The van der Waals surface area contributed by atoms with E-state index in [2.05, 4.69) is 33.5 Å². The molecule has 1 aliphatic rings. The van der Waals surface area contributed by atoms with E-state index >= 15 is 0 Å². The van der Waals surface area contributed by atoms with Gasteiger partial charge in [0.1, 0.15) is 5.82 Å². The Labute approximate surface area is 163 Å². The first-order valence-corrected chi connectivity index (χ1v) is 9.53. The molecule has 0 saturated carbocycles. The Balaban J connectivity index is 1.45. The molecule has 3 aromatic heterocycles. The summed E-state index contributed by atoms with van der Waals surface area (Å²) in [7, 11) is 0. The van der Waals surface area contributed by atoms with Crippen molar-refractivity contribution in [1.82, 2.24) is 29.6 Å². The molecule has 0 radical (unpaired) electrons. The minimum absolute atomic E-state index is 0.112. The molecule has 0 bridgehead atoms. The van der Waals surface area contributed by atoms with Crippen LogP contribution in [0.15, 0.2) is 48.2 Å². The van der Waals surface area contributed by atoms with Gasteiger partial charge in [-0.2, -0.15) is 5.10 Å². The van der Waals surface area contributed by atoms with Crippen molar-refractivity contribution in [1.29, 1.82) is 0 Å². The van der Waals surface area contributed by atoms with E-state index in [0.29, 0.717) is 11.7 Å². The van der Waals surface area contributed by atoms with Crippen LogP contribution in [0.2, 0.25) is 0 Å². The van der Waals surface area contributed by atoms with Gasteiger partial charge < -0.3 is 4.98 Å². The van der Waals surface area contributed by atoms with Gasteiger partial charge in [-0.25, -0.2) is 9.67 Å². The first-order valence-electron chi connectivity index (χ1n) is 9.53. The smallest absolute Gasteiger partial charge is 0.251 e. The lowest BCUT2D eigenvalue weighted by atomic mass is 9.93. The Morgan fingerprint density at radius 3 is 2.82 bits per heavy atom. The van der Waals surface area contributed by atoms with Crippen molar-refractivity contribution in [3.63, 3.8) is 0 Å². The van der Waals surface area contributed by atoms with Gasteiger partial charge in [-0.05, 0) is 45.0 Å². The Kier molecular flexibility index (Phi) is 5.16. The zero-order chi connectivity index (χ0) is 19.5. The third-order valence-corrected chi connectivity index (χ3v) is 5.42. The van der Waals surface area contributed by atoms with Crippen LogP contribution in [0.1, 0.15) is 35.7 Å². The number of aromatic nitrogens is 5. The van der Waals surface area contributed by atoms with Crippen molar-refractivity contribution in [2.75, 3.05) is 13.1 Å². The number of pyridine rings is 1. The van der Waals surface area contributed by atoms with E-state index in [9.17, 15) is 4.79 Å². The topological polar surface area (TPSA) is 79.7 Å². The number of H-pyrrole nitrogens is 1. The first-order chi connectivity index (χ1) is 13.6. The van der Waals surface area contributed by atoms with Gasteiger partial charge in [0, 0.05) is 53.9 Å². The molecule has 1 aliphatic heterocycles. The molecule has 0 spiro atoms. The number of rotatable bonds is 5. The molecular formula is C21H24N6O. The molecule has 144 valence electrons. The van der Waals surface area contributed by atoms with Crippen molar-refractivity contribution < 1.29 is 0 Å². The third-order valence-electron chi connectivity index (χ3n) is 5.42. The summed E-state index contributed by atoms with van der Waals surface area (Å²) in [4.78, 5) is 26.3. The van der Waals surface area contributed by atoms with Gasteiger partial charge in [0.05, 0.1) is 11.9 Å². The molecule has 0 aliphatic carbocycles. The second kappa shape index (κ2) is 7.90. The highest BCUT2D eigenvalue weighted by molar-refractivity contribution is 5.52. The molecule has 0 aromatic carbocycles. The summed E-state index contributed by atoms with van der Waals surface area (Å²) in [5, 5.41) is 4.33. The van der Waals surface area contributed by atoms with E-state index in [4.69, 9.17) is 4.98 Å². The molecule has 7 heteroatoms. The zero-order valence-electron chi connectivity index (χ0n) is 16.0. The Hall–Kier alpha value is -3.06. The summed E-state index contributed by atoms with van der Waals surface area (Å²) in [5.74, 6) is 0.886. The Morgan fingerprint density at radius 1 is 1.32 bits per heavy atom. The molecule has 28 heavy (non-hydrogen) atoms. The highest BCUT2D eigenvalue weighted by atomic mass is 16.1. The van der Waals surface area contributed by atoms with Crippen LogP contribution in [0.5, 0.6) is 0 Å². The fourth-order valence-electron chi connectivity index (χ4n) is 3.75.